The highest BCUT2D eigenvalue weighted by molar-refractivity contribution is 5.96. The van der Waals surface area contributed by atoms with Crippen LogP contribution < -0.4 is 9.47 Å². The van der Waals surface area contributed by atoms with Crippen LogP contribution in [0.3, 0.4) is 0 Å². The van der Waals surface area contributed by atoms with Crippen LogP contribution >= 0.6 is 0 Å². The summed E-state index contributed by atoms with van der Waals surface area (Å²) in [5.41, 5.74) is 1.89. The molecule has 172 valence electrons. The Morgan fingerprint density at radius 1 is 0.875 bits per heavy atom. The second-order valence-corrected chi connectivity index (χ2v) is 9.50. The van der Waals surface area contributed by atoms with Gasteiger partial charge >= 0.3 is 0 Å². The number of rotatable bonds is 5. The van der Waals surface area contributed by atoms with Gasteiger partial charge in [-0.2, -0.15) is 5.10 Å². The van der Waals surface area contributed by atoms with Crippen LogP contribution in [0.2, 0.25) is 0 Å². The molecule has 8 nitrogen and oxygen atoms in total. The molecule has 1 aromatic heterocycles. The highest BCUT2D eigenvalue weighted by Gasteiger charge is 2.34. The van der Waals surface area contributed by atoms with E-state index in [1.807, 2.05) is 15.6 Å². The fourth-order valence-corrected chi connectivity index (χ4v) is 4.03. The highest BCUT2D eigenvalue weighted by Crippen LogP contribution is 2.40. The topological polar surface area (TPSA) is 76.9 Å². The third-order valence-electron chi connectivity index (χ3n) is 6.03. The Balaban J connectivity index is 1.46. The van der Waals surface area contributed by atoms with Gasteiger partial charge in [0.05, 0.1) is 25.5 Å². The number of piperazine rings is 1. The Bertz CT molecular complexity index is 989. The highest BCUT2D eigenvalue weighted by atomic mass is 16.5. The van der Waals surface area contributed by atoms with E-state index in [0.29, 0.717) is 54.9 Å². The van der Waals surface area contributed by atoms with Crippen molar-refractivity contribution in [1.82, 2.24) is 19.6 Å². The van der Waals surface area contributed by atoms with Crippen molar-refractivity contribution in [3.05, 3.63) is 41.2 Å². The van der Waals surface area contributed by atoms with Gasteiger partial charge in [-0.1, -0.05) is 0 Å². The third-order valence-corrected chi connectivity index (χ3v) is 6.03. The van der Waals surface area contributed by atoms with Gasteiger partial charge in [0, 0.05) is 43.7 Å². The molecule has 32 heavy (non-hydrogen) atoms. The van der Waals surface area contributed by atoms with Crippen LogP contribution in [0.15, 0.2) is 24.3 Å². The first-order valence-corrected chi connectivity index (χ1v) is 11.1. The first-order valence-electron chi connectivity index (χ1n) is 11.1. The van der Waals surface area contributed by atoms with Crippen molar-refractivity contribution in [3.8, 4) is 11.5 Å². The summed E-state index contributed by atoms with van der Waals surface area (Å²) in [6.07, 6.45) is 2.29. The van der Waals surface area contributed by atoms with E-state index in [0.717, 1.165) is 18.5 Å². The maximum atomic E-state index is 13.4. The van der Waals surface area contributed by atoms with E-state index in [4.69, 9.17) is 14.6 Å². The Hall–Kier alpha value is -3.03. The maximum Gasteiger partial charge on any atom is 0.272 e. The number of hydrogen-bond acceptors (Lipinski definition) is 5. The number of ether oxygens (including phenoxy) is 2. The van der Waals surface area contributed by atoms with E-state index in [9.17, 15) is 9.59 Å². The van der Waals surface area contributed by atoms with Crippen LogP contribution in [-0.2, 0) is 5.54 Å². The van der Waals surface area contributed by atoms with Crippen LogP contribution in [0.1, 0.15) is 66.1 Å². The molecule has 2 heterocycles. The number of carbonyl (C=O) groups is 2. The Labute approximate surface area is 189 Å². The van der Waals surface area contributed by atoms with Crippen molar-refractivity contribution < 1.29 is 19.1 Å². The van der Waals surface area contributed by atoms with Crippen molar-refractivity contribution in [3.63, 3.8) is 0 Å². The maximum absolute atomic E-state index is 13.4. The standard InChI is InChI=1S/C24H32N4O4/c1-24(2,3)28-21(15-20(25-28)16-6-7-16)23(30)27-10-8-26(9-11-27)22(29)17-12-18(31-4)14-19(13-17)32-5/h12-16H,6-11H2,1-5H3. The summed E-state index contributed by atoms with van der Waals surface area (Å²) in [5, 5.41) is 4.76. The lowest BCUT2D eigenvalue weighted by Gasteiger charge is -2.35. The van der Waals surface area contributed by atoms with Gasteiger partial charge in [-0.05, 0) is 51.8 Å². The lowest BCUT2D eigenvalue weighted by Crippen LogP contribution is -2.51. The van der Waals surface area contributed by atoms with Crippen LogP contribution in [0.5, 0.6) is 11.5 Å². The number of benzene rings is 1. The van der Waals surface area contributed by atoms with Gasteiger partial charge in [0.25, 0.3) is 11.8 Å². The van der Waals surface area contributed by atoms with Gasteiger partial charge in [0.1, 0.15) is 17.2 Å². The molecule has 2 aromatic rings. The summed E-state index contributed by atoms with van der Waals surface area (Å²) in [5.74, 6) is 1.52. The molecule has 1 aliphatic carbocycles. The quantitative estimate of drug-likeness (QED) is 0.714. The summed E-state index contributed by atoms with van der Waals surface area (Å²) < 4.78 is 12.4. The molecule has 1 saturated carbocycles. The van der Waals surface area contributed by atoms with Crippen molar-refractivity contribution in [2.75, 3.05) is 40.4 Å². The smallest absolute Gasteiger partial charge is 0.272 e. The summed E-state index contributed by atoms with van der Waals surface area (Å²) in [7, 11) is 3.12. The molecule has 0 N–H and O–H groups in total. The van der Waals surface area contributed by atoms with Gasteiger partial charge in [0.15, 0.2) is 0 Å². The minimum absolute atomic E-state index is 0.0190. The van der Waals surface area contributed by atoms with Gasteiger partial charge in [-0.25, -0.2) is 0 Å². The molecule has 0 atom stereocenters. The molecule has 0 spiro atoms. The fraction of sp³-hybridized carbons (Fsp3) is 0.542. The zero-order valence-corrected chi connectivity index (χ0v) is 19.6. The second kappa shape index (κ2) is 8.48. The third kappa shape index (κ3) is 4.45. The predicted octanol–water partition coefficient (Wildman–Crippen LogP) is 3.13. The van der Waals surface area contributed by atoms with Crippen molar-refractivity contribution in [2.45, 2.75) is 45.1 Å². The molecule has 0 bridgehead atoms. The molecule has 2 aliphatic rings. The Kier molecular flexibility index (Phi) is 5.88. The zero-order valence-electron chi connectivity index (χ0n) is 19.6. The SMILES string of the molecule is COc1cc(OC)cc(C(=O)N2CCN(C(=O)c3cc(C4CC4)nn3C(C)(C)C)CC2)c1. The normalized spacial score (nSPS) is 16.8. The van der Waals surface area contributed by atoms with Crippen LogP contribution in [0.25, 0.3) is 0 Å². The van der Waals surface area contributed by atoms with Crippen molar-refractivity contribution in [2.24, 2.45) is 0 Å². The van der Waals surface area contributed by atoms with Crippen LogP contribution in [0, 0.1) is 0 Å². The molecule has 2 amide bonds. The Morgan fingerprint density at radius 3 is 1.88 bits per heavy atom. The first-order chi connectivity index (χ1) is 15.2. The summed E-state index contributed by atoms with van der Waals surface area (Å²) in [6, 6.07) is 7.13. The monoisotopic (exact) mass is 440 g/mol. The number of methoxy groups -OCH3 is 2. The number of carbonyl (C=O) groups excluding carboxylic acids is 2. The van der Waals surface area contributed by atoms with Crippen molar-refractivity contribution >= 4 is 11.8 Å². The summed E-state index contributed by atoms with van der Waals surface area (Å²) in [6.45, 7) is 8.11. The largest absolute Gasteiger partial charge is 0.497 e. The van der Waals surface area contributed by atoms with E-state index in [1.54, 1.807) is 37.3 Å². The lowest BCUT2D eigenvalue weighted by molar-refractivity contribution is 0.0524. The lowest BCUT2D eigenvalue weighted by atomic mass is 10.1. The number of hydrogen-bond donors (Lipinski definition) is 0. The second-order valence-electron chi connectivity index (χ2n) is 9.50. The molecule has 8 heteroatoms. The number of nitrogens with zero attached hydrogens (tertiary/aromatic N) is 4. The molecular weight excluding hydrogens is 408 g/mol. The molecule has 0 radical (unpaired) electrons. The molecule has 4 rings (SSSR count). The zero-order chi connectivity index (χ0) is 23.0. The molecule has 1 saturated heterocycles. The first kappa shape index (κ1) is 22.2. The number of aromatic nitrogens is 2. The van der Waals surface area contributed by atoms with Crippen molar-refractivity contribution in [1.29, 1.82) is 0 Å². The van der Waals surface area contributed by atoms with E-state index < -0.39 is 0 Å². The fourth-order valence-electron chi connectivity index (χ4n) is 4.03. The molecule has 0 unspecified atom stereocenters. The van der Waals surface area contributed by atoms with Gasteiger partial charge < -0.3 is 19.3 Å². The van der Waals surface area contributed by atoms with Crippen LogP contribution in [-0.4, -0.2) is 71.8 Å². The van der Waals surface area contributed by atoms with E-state index in [1.165, 1.54) is 0 Å². The van der Waals surface area contributed by atoms with E-state index in [-0.39, 0.29) is 17.4 Å². The molecule has 1 aliphatic heterocycles. The average molecular weight is 441 g/mol. The average Bonchev–Trinajstić information content (AvgIpc) is 3.54. The van der Waals surface area contributed by atoms with E-state index in [2.05, 4.69) is 20.8 Å². The molecule has 2 fully saturated rings. The summed E-state index contributed by atoms with van der Waals surface area (Å²) >= 11 is 0. The summed E-state index contributed by atoms with van der Waals surface area (Å²) in [4.78, 5) is 30.0. The van der Waals surface area contributed by atoms with Crippen LogP contribution in [0.4, 0.5) is 0 Å². The van der Waals surface area contributed by atoms with Gasteiger partial charge in [-0.15, -0.1) is 0 Å². The van der Waals surface area contributed by atoms with Gasteiger partial charge in [-0.3, -0.25) is 14.3 Å². The predicted molar refractivity (Wildman–Crippen MR) is 121 cm³/mol. The van der Waals surface area contributed by atoms with E-state index >= 15 is 0 Å². The minimum atomic E-state index is -0.276. The number of amides is 2. The molecular formula is C24H32N4O4. The molecule has 1 aromatic carbocycles. The minimum Gasteiger partial charge on any atom is -0.497 e. The van der Waals surface area contributed by atoms with Gasteiger partial charge in [0.2, 0.25) is 0 Å². The Morgan fingerprint density at radius 2 is 1.41 bits per heavy atom.